The summed E-state index contributed by atoms with van der Waals surface area (Å²) in [6.45, 7) is 5.99. The maximum absolute atomic E-state index is 9.54. The minimum absolute atomic E-state index is 0.0618. The van der Waals surface area contributed by atoms with Gasteiger partial charge in [0, 0.05) is 35.4 Å². The Labute approximate surface area is 124 Å². The van der Waals surface area contributed by atoms with Gasteiger partial charge in [0.1, 0.15) is 0 Å². The van der Waals surface area contributed by atoms with E-state index < -0.39 is 0 Å². The fraction of sp³-hybridized carbons (Fsp3) is 0.600. The lowest BCUT2D eigenvalue weighted by Crippen LogP contribution is -2.37. The molecular weight excluding hydrogens is 306 g/mol. The number of anilines is 1. The van der Waals surface area contributed by atoms with Crippen LogP contribution in [0, 0.1) is 0 Å². The lowest BCUT2D eigenvalue weighted by molar-refractivity contribution is 0.202. The number of halogens is 1. The number of nitrogens with zero attached hydrogens (tertiary/aromatic N) is 1. The zero-order valence-electron chi connectivity index (χ0n) is 12.0. The van der Waals surface area contributed by atoms with Gasteiger partial charge >= 0.3 is 0 Å². The number of aliphatic hydroxyl groups excluding tert-OH is 1. The fourth-order valence-electron chi connectivity index (χ4n) is 2.36. The molecule has 0 fully saturated rings. The van der Waals surface area contributed by atoms with Crippen LogP contribution in [0.25, 0.3) is 0 Å². The largest absolute Gasteiger partial charge is 0.392 e. The van der Waals surface area contributed by atoms with E-state index in [1.807, 2.05) is 12.1 Å². The molecule has 0 aromatic heterocycles. The van der Waals surface area contributed by atoms with E-state index in [0.29, 0.717) is 12.6 Å². The van der Waals surface area contributed by atoms with Crippen LogP contribution < -0.4 is 4.90 Å². The average molecular weight is 330 g/mol. The first-order valence-electron chi connectivity index (χ1n) is 6.82. The molecule has 0 radical (unpaired) electrons. The van der Waals surface area contributed by atoms with Gasteiger partial charge in [-0.25, -0.2) is 0 Å². The fourth-order valence-corrected chi connectivity index (χ4v) is 2.71. The van der Waals surface area contributed by atoms with Gasteiger partial charge < -0.3 is 14.7 Å². The van der Waals surface area contributed by atoms with Gasteiger partial charge in [-0.05, 0) is 25.0 Å². The van der Waals surface area contributed by atoms with Crippen molar-refractivity contribution in [3.63, 3.8) is 0 Å². The van der Waals surface area contributed by atoms with Gasteiger partial charge in [0.05, 0.1) is 13.2 Å². The molecule has 0 saturated carbocycles. The zero-order valence-corrected chi connectivity index (χ0v) is 13.6. The summed E-state index contributed by atoms with van der Waals surface area (Å²) in [5.74, 6) is 0. The minimum Gasteiger partial charge on any atom is -0.392 e. The summed E-state index contributed by atoms with van der Waals surface area (Å²) in [6, 6.07) is 6.49. The third-order valence-electron chi connectivity index (χ3n) is 3.45. The van der Waals surface area contributed by atoms with Gasteiger partial charge in [0.15, 0.2) is 0 Å². The van der Waals surface area contributed by atoms with Crippen molar-refractivity contribution >= 4 is 21.6 Å². The molecule has 0 amide bonds. The molecule has 0 heterocycles. The van der Waals surface area contributed by atoms with Crippen molar-refractivity contribution in [1.29, 1.82) is 0 Å². The predicted molar refractivity (Wildman–Crippen MR) is 83.7 cm³/mol. The summed E-state index contributed by atoms with van der Waals surface area (Å²) >= 11 is 3.52. The number of methoxy groups -OCH3 is 1. The highest BCUT2D eigenvalue weighted by Crippen LogP contribution is 2.28. The first kappa shape index (κ1) is 16.5. The smallest absolute Gasteiger partial charge is 0.0702 e. The normalized spacial score (nSPS) is 11.1. The molecule has 1 aromatic rings. The van der Waals surface area contributed by atoms with Crippen LogP contribution in [0.5, 0.6) is 0 Å². The molecule has 1 N–H and O–H groups in total. The van der Waals surface area contributed by atoms with E-state index in [0.717, 1.165) is 35.1 Å². The van der Waals surface area contributed by atoms with Gasteiger partial charge in [-0.1, -0.05) is 35.8 Å². The molecule has 0 atom stereocenters. The molecular formula is C15H24BrNO2. The second-order valence-corrected chi connectivity index (χ2v) is 5.50. The van der Waals surface area contributed by atoms with Crippen molar-refractivity contribution in [2.75, 3.05) is 25.2 Å². The van der Waals surface area contributed by atoms with Gasteiger partial charge in [0.25, 0.3) is 0 Å². The maximum Gasteiger partial charge on any atom is 0.0702 e. The molecule has 1 aromatic carbocycles. The van der Waals surface area contributed by atoms with Crippen LogP contribution in [0.2, 0.25) is 0 Å². The molecule has 0 aliphatic heterocycles. The second kappa shape index (κ2) is 8.56. The summed E-state index contributed by atoms with van der Waals surface area (Å²) in [4.78, 5) is 2.35. The van der Waals surface area contributed by atoms with Crippen LogP contribution in [0.4, 0.5) is 5.69 Å². The van der Waals surface area contributed by atoms with Crippen LogP contribution in [-0.4, -0.2) is 31.4 Å². The van der Waals surface area contributed by atoms with E-state index in [1.165, 1.54) is 0 Å². The molecule has 19 heavy (non-hydrogen) atoms. The number of hydrogen-bond donors (Lipinski definition) is 1. The first-order chi connectivity index (χ1) is 9.17. The Balaban J connectivity index is 3.10. The van der Waals surface area contributed by atoms with E-state index in [9.17, 15) is 5.11 Å². The average Bonchev–Trinajstić information content (AvgIpc) is 2.43. The molecule has 0 spiro atoms. The topological polar surface area (TPSA) is 32.7 Å². The highest BCUT2D eigenvalue weighted by molar-refractivity contribution is 9.10. The van der Waals surface area contributed by atoms with E-state index in [1.54, 1.807) is 7.11 Å². The summed E-state index contributed by atoms with van der Waals surface area (Å²) in [7, 11) is 1.72. The first-order valence-corrected chi connectivity index (χ1v) is 7.62. The van der Waals surface area contributed by atoms with Gasteiger partial charge in [-0.3, -0.25) is 0 Å². The van der Waals surface area contributed by atoms with Crippen LogP contribution in [0.3, 0.4) is 0 Å². The van der Waals surface area contributed by atoms with Crippen molar-refractivity contribution in [1.82, 2.24) is 0 Å². The highest BCUT2D eigenvalue weighted by Gasteiger charge is 2.18. The van der Waals surface area contributed by atoms with Crippen LogP contribution >= 0.6 is 15.9 Å². The molecule has 108 valence electrons. The molecule has 3 nitrogen and oxygen atoms in total. The predicted octanol–water partition coefficient (Wildman–Crippen LogP) is 3.58. The lowest BCUT2D eigenvalue weighted by atomic mass is 10.1. The molecule has 0 bridgehead atoms. The summed E-state index contributed by atoms with van der Waals surface area (Å²) in [6.07, 6.45) is 2.16. The Kier molecular flexibility index (Phi) is 7.42. The maximum atomic E-state index is 9.54. The lowest BCUT2D eigenvalue weighted by Gasteiger charge is -2.34. The monoisotopic (exact) mass is 329 g/mol. The number of aliphatic hydroxyl groups is 1. The van der Waals surface area contributed by atoms with E-state index in [4.69, 9.17) is 4.74 Å². The van der Waals surface area contributed by atoms with E-state index in [-0.39, 0.29) is 6.61 Å². The van der Waals surface area contributed by atoms with E-state index >= 15 is 0 Å². The summed E-state index contributed by atoms with van der Waals surface area (Å²) in [5, 5.41) is 9.54. The molecule has 0 aliphatic carbocycles. The molecule has 4 heteroatoms. The number of benzene rings is 1. The Hall–Kier alpha value is -0.580. The number of hydrogen-bond acceptors (Lipinski definition) is 3. The number of rotatable bonds is 8. The Morgan fingerprint density at radius 3 is 2.53 bits per heavy atom. The van der Waals surface area contributed by atoms with Crippen molar-refractivity contribution < 1.29 is 9.84 Å². The van der Waals surface area contributed by atoms with Crippen LogP contribution in [0.15, 0.2) is 22.7 Å². The quantitative estimate of drug-likeness (QED) is 0.791. The molecule has 0 saturated heterocycles. The van der Waals surface area contributed by atoms with Crippen molar-refractivity contribution in [2.45, 2.75) is 39.3 Å². The van der Waals surface area contributed by atoms with Crippen molar-refractivity contribution in [3.8, 4) is 0 Å². The standard InChI is InChI=1S/C15H24BrNO2/c1-4-14(5-2)17(8-9-19-3)15-10-13(16)7-6-12(15)11-18/h6-7,10,14,18H,4-5,8-9,11H2,1-3H3. The summed E-state index contributed by atoms with van der Waals surface area (Å²) in [5.41, 5.74) is 2.06. The van der Waals surface area contributed by atoms with Gasteiger partial charge in [-0.2, -0.15) is 0 Å². The van der Waals surface area contributed by atoms with Gasteiger partial charge in [-0.15, -0.1) is 0 Å². The minimum atomic E-state index is 0.0618. The Morgan fingerprint density at radius 1 is 1.32 bits per heavy atom. The third kappa shape index (κ3) is 4.48. The Bertz CT molecular complexity index is 380. The zero-order chi connectivity index (χ0) is 14.3. The van der Waals surface area contributed by atoms with Crippen molar-refractivity contribution in [3.05, 3.63) is 28.2 Å². The number of ether oxygens (including phenoxy) is 1. The van der Waals surface area contributed by atoms with Crippen molar-refractivity contribution in [2.24, 2.45) is 0 Å². The third-order valence-corrected chi connectivity index (χ3v) is 3.94. The van der Waals surface area contributed by atoms with Crippen LogP contribution in [-0.2, 0) is 11.3 Å². The SMILES string of the molecule is CCC(CC)N(CCOC)c1cc(Br)ccc1CO. The molecule has 1 rings (SSSR count). The van der Waals surface area contributed by atoms with Crippen LogP contribution in [0.1, 0.15) is 32.3 Å². The Morgan fingerprint density at radius 2 is 2.00 bits per heavy atom. The summed E-state index contributed by atoms with van der Waals surface area (Å²) < 4.78 is 6.26. The van der Waals surface area contributed by atoms with Gasteiger partial charge in [0.2, 0.25) is 0 Å². The van der Waals surface area contributed by atoms with E-state index in [2.05, 4.69) is 40.7 Å². The molecule has 0 aliphatic rings. The molecule has 0 unspecified atom stereocenters. The highest BCUT2D eigenvalue weighted by atomic mass is 79.9. The second-order valence-electron chi connectivity index (χ2n) is 4.59.